The largest absolute Gasteiger partial charge is 0.488 e. The van der Waals surface area contributed by atoms with Crippen LogP contribution in [0.4, 0.5) is 10.1 Å². The molecule has 96 valence electrons. The zero-order chi connectivity index (χ0) is 13.1. The van der Waals surface area contributed by atoms with Gasteiger partial charge >= 0.3 is 0 Å². The van der Waals surface area contributed by atoms with Crippen LogP contribution in [0.2, 0.25) is 0 Å². The van der Waals surface area contributed by atoms with E-state index in [1.165, 1.54) is 12.1 Å². The van der Waals surface area contributed by atoms with Gasteiger partial charge in [0, 0.05) is 18.5 Å². The zero-order valence-corrected chi connectivity index (χ0v) is 11.4. The van der Waals surface area contributed by atoms with Gasteiger partial charge in [0.2, 0.25) is 0 Å². The fourth-order valence-electron chi connectivity index (χ4n) is 1.62. The molecule has 1 heterocycles. The van der Waals surface area contributed by atoms with Gasteiger partial charge in [-0.25, -0.2) is 9.37 Å². The summed E-state index contributed by atoms with van der Waals surface area (Å²) in [5, 5.41) is 0. The molecule has 0 radical (unpaired) electrons. The summed E-state index contributed by atoms with van der Waals surface area (Å²) in [4.78, 5) is 4.11. The Morgan fingerprint density at radius 3 is 2.89 bits per heavy atom. The second-order valence-corrected chi connectivity index (χ2v) is 4.68. The number of nitrogens with two attached hydrogens (primary N) is 1. The molecule has 4 nitrogen and oxygen atoms in total. The highest BCUT2D eigenvalue weighted by molar-refractivity contribution is 9.10. The topological polar surface area (TPSA) is 53.1 Å². The first-order chi connectivity index (χ1) is 8.58. The summed E-state index contributed by atoms with van der Waals surface area (Å²) < 4.78 is 21.1. The second kappa shape index (κ2) is 5.39. The van der Waals surface area contributed by atoms with Crippen molar-refractivity contribution < 1.29 is 9.13 Å². The van der Waals surface area contributed by atoms with Gasteiger partial charge < -0.3 is 15.0 Å². The maximum Gasteiger partial charge on any atom is 0.156 e. The minimum absolute atomic E-state index is 0.282. The minimum Gasteiger partial charge on any atom is -0.488 e. The maximum absolute atomic E-state index is 13.0. The van der Waals surface area contributed by atoms with Crippen LogP contribution in [-0.2, 0) is 6.54 Å². The van der Waals surface area contributed by atoms with Crippen LogP contribution < -0.4 is 10.5 Å². The number of hydrogen-bond donors (Lipinski definition) is 1. The van der Waals surface area contributed by atoms with E-state index in [1.54, 1.807) is 6.20 Å². The molecule has 1 aromatic carbocycles. The SMILES string of the molecule is Cc1nccn1CCOc1c(N)cc(F)cc1Br. The first-order valence-electron chi connectivity index (χ1n) is 5.43. The highest BCUT2D eigenvalue weighted by Crippen LogP contribution is 2.32. The Hall–Kier alpha value is -1.56. The van der Waals surface area contributed by atoms with Crippen molar-refractivity contribution in [3.8, 4) is 5.75 Å². The molecule has 0 aliphatic rings. The van der Waals surface area contributed by atoms with Gasteiger partial charge in [-0.05, 0) is 28.9 Å². The van der Waals surface area contributed by atoms with Crippen molar-refractivity contribution in [3.63, 3.8) is 0 Å². The van der Waals surface area contributed by atoms with Gasteiger partial charge in [-0.2, -0.15) is 0 Å². The molecule has 18 heavy (non-hydrogen) atoms. The van der Waals surface area contributed by atoms with Crippen molar-refractivity contribution in [2.75, 3.05) is 12.3 Å². The summed E-state index contributed by atoms with van der Waals surface area (Å²) in [5.74, 6) is 0.996. The molecule has 1 aromatic heterocycles. The lowest BCUT2D eigenvalue weighted by molar-refractivity contribution is 0.296. The van der Waals surface area contributed by atoms with Gasteiger partial charge in [-0.15, -0.1) is 0 Å². The van der Waals surface area contributed by atoms with Crippen LogP contribution in [0.3, 0.4) is 0 Å². The molecule has 0 atom stereocenters. The fourth-order valence-corrected chi connectivity index (χ4v) is 2.18. The van der Waals surface area contributed by atoms with Crippen LogP contribution in [0.15, 0.2) is 29.0 Å². The lowest BCUT2D eigenvalue weighted by atomic mass is 10.3. The van der Waals surface area contributed by atoms with Crippen molar-refractivity contribution in [1.82, 2.24) is 9.55 Å². The van der Waals surface area contributed by atoms with Crippen LogP contribution in [0.5, 0.6) is 5.75 Å². The number of aryl methyl sites for hydroxylation is 1. The van der Waals surface area contributed by atoms with Crippen molar-refractivity contribution in [2.45, 2.75) is 13.5 Å². The standard InChI is InChI=1S/C12H13BrFN3O/c1-8-16-2-3-17(8)4-5-18-12-10(13)6-9(14)7-11(12)15/h2-3,6-7H,4-5,15H2,1H3. The van der Waals surface area contributed by atoms with Crippen LogP contribution >= 0.6 is 15.9 Å². The Kier molecular flexibility index (Phi) is 3.86. The Morgan fingerprint density at radius 2 is 2.28 bits per heavy atom. The molecule has 0 aliphatic heterocycles. The number of nitrogen functional groups attached to an aromatic ring is 1. The number of ether oxygens (including phenoxy) is 1. The Morgan fingerprint density at radius 1 is 1.50 bits per heavy atom. The smallest absolute Gasteiger partial charge is 0.156 e. The molecule has 0 bridgehead atoms. The van der Waals surface area contributed by atoms with Crippen molar-refractivity contribution in [3.05, 3.63) is 40.6 Å². The third-order valence-corrected chi connectivity index (χ3v) is 3.13. The van der Waals surface area contributed by atoms with Gasteiger partial charge in [-0.3, -0.25) is 0 Å². The Labute approximate surface area is 113 Å². The number of hydrogen-bond acceptors (Lipinski definition) is 3. The van der Waals surface area contributed by atoms with E-state index in [1.807, 2.05) is 17.7 Å². The molecule has 0 fully saturated rings. The maximum atomic E-state index is 13.0. The molecule has 0 saturated heterocycles. The molecular weight excluding hydrogens is 301 g/mol. The van der Waals surface area contributed by atoms with Crippen molar-refractivity contribution in [1.29, 1.82) is 0 Å². The highest BCUT2D eigenvalue weighted by atomic mass is 79.9. The molecule has 0 unspecified atom stereocenters. The van der Waals surface area contributed by atoms with E-state index < -0.39 is 5.82 Å². The monoisotopic (exact) mass is 313 g/mol. The van der Waals surface area contributed by atoms with E-state index in [0.29, 0.717) is 23.4 Å². The van der Waals surface area contributed by atoms with Crippen molar-refractivity contribution >= 4 is 21.6 Å². The molecule has 2 N–H and O–H groups in total. The van der Waals surface area contributed by atoms with E-state index in [2.05, 4.69) is 20.9 Å². The fraction of sp³-hybridized carbons (Fsp3) is 0.250. The molecule has 2 aromatic rings. The number of nitrogens with zero attached hydrogens (tertiary/aromatic N) is 2. The molecule has 0 amide bonds. The lowest BCUT2D eigenvalue weighted by Crippen LogP contribution is -2.10. The van der Waals surface area contributed by atoms with Gasteiger partial charge in [0.05, 0.1) is 16.7 Å². The summed E-state index contributed by atoms with van der Waals surface area (Å²) in [6, 6.07) is 2.57. The summed E-state index contributed by atoms with van der Waals surface area (Å²) in [7, 11) is 0. The van der Waals surface area contributed by atoms with E-state index in [9.17, 15) is 4.39 Å². The third-order valence-electron chi connectivity index (χ3n) is 2.54. The molecular formula is C12H13BrFN3O. The Bertz CT molecular complexity index is 533. The van der Waals surface area contributed by atoms with Gasteiger partial charge in [-0.1, -0.05) is 0 Å². The Balaban J connectivity index is 2.01. The molecule has 0 aliphatic carbocycles. The van der Waals surface area contributed by atoms with Crippen LogP contribution in [0.1, 0.15) is 5.82 Å². The minimum atomic E-state index is -0.392. The van der Waals surface area contributed by atoms with E-state index >= 15 is 0 Å². The van der Waals surface area contributed by atoms with Gasteiger partial charge in [0.1, 0.15) is 18.2 Å². The number of anilines is 1. The first-order valence-corrected chi connectivity index (χ1v) is 6.22. The van der Waals surface area contributed by atoms with Gasteiger partial charge in [0.25, 0.3) is 0 Å². The van der Waals surface area contributed by atoms with E-state index in [4.69, 9.17) is 10.5 Å². The molecule has 6 heteroatoms. The van der Waals surface area contributed by atoms with E-state index in [-0.39, 0.29) is 5.69 Å². The number of halogens is 2. The van der Waals surface area contributed by atoms with Crippen LogP contribution in [-0.4, -0.2) is 16.2 Å². The molecule has 0 spiro atoms. The normalized spacial score (nSPS) is 10.6. The van der Waals surface area contributed by atoms with Gasteiger partial charge in [0.15, 0.2) is 5.75 Å². The second-order valence-electron chi connectivity index (χ2n) is 3.82. The van der Waals surface area contributed by atoms with E-state index in [0.717, 1.165) is 5.82 Å². The summed E-state index contributed by atoms with van der Waals surface area (Å²) in [5.41, 5.74) is 5.98. The lowest BCUT2D eigenvalue weighted by Gasteiger charge is -2.12. The number of aromatic nitrogens is 2. The number of benzene rings is 1. The van der Waals surface area contributed by atoms with Crippen molar-refractivity contribution in [2.24, 2.45) is 0 Å². The summed E-state index contributed by atoms with van der Waals surface area (Å²) in [6.07, 6.45) is 3.61. The third kappa shape index (κ3) is 2.81. The highest BCUT2D eigenvalue weighted by Gasteiger charge is 2.08. The number of rotatable bonds is 4. The zero-order valence-electron chi connectivity index (χ0n) is 9.86. The predicted molar refractivity (Wildman–Crippen MR) is 71.0 cm³/mol. The summed E-state index contributed by atoms with van der Waals surface area (Å²) in [6.45, 7) is 3.02. The average Bonchev–Trinajstić information content (AvgIpc) is 2.68. The molecule has 0 saturated carbocycles. The predicted octanol–water partition coefficient (Wildman–Crippen LogP) is 2.75. The number of imidazole rings is 1. The van der Waals surface area contributed by atoms with Crippen LogP contribution in [0.25, 0.3) is 0 Å². The molecule has 2 rings (SSSR count). The quantitative estimate of drug-likeness (QED) is 0.883. The average molecular weight is 314 g/mol. The van der Waals surface area contributed by atoms with Crippen LogP contribution in [0, 0.1) is 12.7 Å². The summed E-state index contributed by atoms with van der Waals surface area (Å²) >= 11 is 3.23. The first kappa shape index (κ1) is 12.9.